The van der Waals surface area contributed by atoms with Gasteiger partial charge in [-0.25, -0.2) is 16.1 Å². The first-order valence-corrected chi connectivity index (χ1v) is 3.87. The van der Waals surface area contributed by atoms with Crippen molar-refractivity contribution >= 4 is 11.9 Å². The Hall–Kier alpha value is -1.38. The van der Waals surface area contributed by atoms with Crippen LogP contribution in [0, 0.1) is 0 Å². The molecule has 0 saturated carbocycles. The first kappa shape index (κ1) is 15.1. The van der Waals surface area contributed by atoms with Gasteiger partial charge in [-0.1, -0.05) is 0 Å². The van der Waals surface area contributed by atoms with Crippen molar-refractivity contribution in [2.45, 2.75) is 6.92 Å². The molecule has 7 N–H and O–H groups in total. The molecule has 8 heteroatoms. The SMILES string of the molecule is CC(=O)NCCO.CNNC(=O)NN. The van der Waals surface area contributed by atoms with Gasteiger partial charge in [-0.05, 0) is 0 Å². The van der Waals surface area contributed by atoms with E-state index in [1.54, 1.807) is 7.05 Å². The van der Waals surface area contributed by atoms with E-state index < -0.39 is 6.03 Å². The molecule has 0 aliphatic rings. The number of nitrogens with one attached hydrogen (secondary N) is 4. The van der Waals surface area contributed by atoms with Crippen molar-refractivity contribution in [2.75, 3.05) is 20.2 Å². The normalized spacial score (nSPS) is 8.00. The number of rotatable bonds is 3. The highest BCUT2D eigenvalue weighted by Gasteiger charge is 1.86. The number of carbonyl (C=O) groups excluding carboxylic acids is 2. The molecule has 0 bridgehead atoms. The lowest BCUT2D eigenvalue weighted by molar-refractivity contribution is -0.119. The molecule has 0 rings (SSSR count). The first-order valence-electron chi connectivity index (χ1n) is 3.87. The van der Waals surface area contributed by atoms with Gasteiger partial charge in [0.25, 0.3) is 0 Å². The van der Waals surface area contributed by atoms with E-state index in [-0.39, 0.29) is 12.5 Å². The third kappa shape index (κ3) is 16.9. The van der Waals surface area contributed by atoms with Crippen molar-refractivity contribution in [3.63, 3.8) is 0 Å². The summed E-state index contributed by atoms with van der Waals surface area (Å²) in [6, 6.07) is -0.456. The lowest BCUT2D eigenvalue weighted by Crippen LogP contribution is -2.45. The Morgan fingerprint density at radius 1 is 1.43 bits per heavy atom. The van der Waals surface area contributed by atoms with Gasteiger partial charge in [0.15, 0.2) is 0 Å². The topological polar surface area (TPSA) is 129 Å². The second-order valence-electron chi connectivity index (χ2n) is 2.06. The molecule has 0 heterocycles. The number of carbonyl (C=O) groups is 2. The zero-order chi connectivity index (χ0) is 11.4. The third-order valence-corrected chi connectivity index (χ3v) is 0.855. The van der Waals surface area contributed by atoms with E-state index >= 15 is 0 Å². The molecule has 0 unspecified atom stereocenters. The fourth-order valence-electron chi connectivity index (χ4n) is 0.382. The predicted molar refractivity (Wildman–Crippen MR) is 50.7 cm³/mol. The van der Waals surface area contributed by atoms with Crippen molar-refractivity contribution in [1.29, 1.82) is 0 Å². The van der Waals surface area contributed by atoms with Crippen LogP contribution in [0.1, 0.15) is 6.92 Å². The van der Waals surface area contributed by atoms with E-state index in [1.165, 1.54) is 6.92 Å². The molecule has 0 aromatic carbocycles. The molecule has 14 heavy (non-hydrogen) atoms. The summed E-state index contributed by atoms with van der Waals surface area (Å²) in [6.45, 7) is 1.78. The molecule has 8 nitrogen and oxygen atoms in total. The second kappa shape index (κ2) is 11.6. The Balaban J connectivity index is 0. The lowest BCUT2D eigenvalue weighted by Gasteiger charge is -1.97. The summed E-state index contributed by atoms with van der Waals surface area (Å²) >= 11 is 0. The molecule has 0 aliphatic carbocycles. The number of aliphatic hydroxyl groups excluding tert-OH is 1. The van der Waals surface area contributed by atoms with Gasteiger partial charge in [-0.2, -0.15) is 0 Å². The molecule has 0 fully saturated rings. The van der Waals surface area contributed by atoms with Gasteiger partial charge < -0.3 is 10.4 Å². The quantitative estimate of drug-likeness (QED) is 0.172. The molecule has 3 amide bonds. The minimum Gasteiger partial charge on any atom is -0.395 e. The maximum absolute atomic E-state index is 10.0. The Labute approximate surface area is 82.2 Å². The Bertz CT molecular complexity index is 164. The van der Waals surface area contributed by atoms with Crippen molar-refractivity contribution in [2.24, 2.45) is 5.84 Å². The number of urea groups is 1. The second-order valence-corrected chi connectivity index (χ2v) is 2.06. The Morgan fingerprint density at radius 3 is 2.14 bits per heavy atom. The van der Waals surface area contributed by atoms with E-state index in [2.05, 4.69) is 22.0 Å². The van der Waals surface area contributed by atoms with Crippen LogP contribution >= 0.6 is 0 Å². The number of aliphatic hydroxyl groups is 1. The highest BCUT2D eigenvalue weighted by atomic mass is 16.3. The van der Waals surface area contributed by atoms with E-state index in [0.717, 1.165) is 0 Å². The summed E-state index contributed by atoms with van der Waals surface area (Å²) in [7, 11) is 1.56. The number of hydrogen-bond donors (Lipinski definition) is 6. The van der Waals surface area contributed by atoms with E-state index in [0.29, 0.717) is 6.54 Å². The molecule has 0 aliphatic heterocycles. The minimum absolute atomic E-state index is 0.0135. The number of nitrogens with two attached hydrogens (primary N) is 1. The van der Waals surface area contributed by atoms with Gasteiger partial charge in [0, 0.05) is 20.5 Å². The van der Waals surface area contributed by atoms with Gasteiger partial charge in [0.2, 0.25) is 5.91 Å². The highest BCUT2D eigenvalue weighted by molar-refractivity contribution is 5.72. The van der Waals surface area contributed by atoms with Crippen molar-refractivity contribution in [1.82, 2.24) is 21.6 Å². The van der Waals surface area contributed by atoms with Crippen LogP contribution in [0.15, 0.2) is 0 Å². The third-order valence-electron chi connectivity index (χ3n) is 0.855. The summed E-state index contributed by atoms with van der Waals surface area (Å²) in [4.78, 5) is 20.0. The van der Waals surface area contributed by atoms with Crippen LogP contribution in [-0.2, 0) is 4.79 Å². The van der Waals surface area contributed by atoms with Gasteiger partial charge in [-0.15, -0.1) is 0 Å². The smallest absolute Gasteiger partial charge is 0.343 e. The standard InChI is InChI=1S/C4H9NO2.C2H8N4O/c1-4(7)5-2-3-6;1-4-6-2(7)5-3/h6H,2-3H2,1H3,(H,5,7);4H,3H2,1H3,(H2,5,6,7). The van der Waals surface area contributed by atoms with Crippen LogP contribution in [-0.4, -0.2) is 37.2 Å². The molecule has 0 aromatic heterocycles. The lowest BCUT2D eigenvalue weighted by atomic mass is 10.6. The van der Waals surface area contributed by atoms with E-state index in [4.69, 9.17) is 5.11 Å². The van der Waals surface area contributed by atoms with E-state index in [9.17, 15) is 9.59 Å². The van der Waals surface area contributed by atoms with Crippen molar-refractivity contribution in [3.05, 3.63) is 0 Å². The highest BCUT2D eigenvalue weighted by Crippen LogP contribution is 1.56. The van der Waals surface area contributed by atoms with Crippen LogP contribution in [0.3, 0.4) is 0 Å². The fraction of sp³-hybridized carbons (Fsp3) is 0.667. The number of hydrazine groups is 2. The summed E-state index contributed by atoms with van der Waals surface area (Å²) in [5.74, 6) is 4.55. The zero-order valence-electron chi connectivity index (χ0n) is 8.26. The summed E-state index contributed by atoms with van der Waals surface area (Å²) in [5.41, 5.74) is 6.40. The zero-order valence-corrected chi connectivity index (χ0v) is 8.26. The fourth-order valence-corrected chi connectivity index (χ4v) is 0.382. The summed E-state index contributed by atoms with van der Waals surface area (Å²) in [6.07, 6.45) is 0. The maximum atomic E-state index is 10.0. The molecule has 0 aromatic rings. The Kier molecular flexibility index (Phi) is 12.5. The van der Waals surface area contributed by atoms with Crippen molar-refractivity contribution in [3.8, 4) is 0 Å². The van der Waals surface area contributed by atoms with Gasteiger partial charge >= 0.3 is 6.03 Å². The molecule has 0 saturated heterocycles. The van der Waals surface area contributed by atoms with E-state index in [1.807, 2.05) is 5.43 Å². The van der Waals surface area contributed by atoms with Gasteiger partial charge in [-0.3, -0.25) is 15.6 Å². The van der Waals surface area contributed by atoms with Crippen LogP contribution < -0.4 is 27.4 Å². The summed E-state index contributed by atoms with van der Waals surface area (Å²) in [5, 5.41) is 10.5. The Morgan fingerprint density at radius 2 is 2.00 bits per heavy atom. The van der Waals surface area contributed by atoms with Crippen LogP contribution in [0.25, 0.3) is 0 Å². The number of amides is 3. The largest absolute Gasteiger partial charge is 0.395 e. The van der Waals surface area contributed by atoms with Crippen LogP contribution in [0.5, 0.6) is 0 Å². The molecule has 0 atom stereocenters. The number of hydrogen-bond acceptors (Lipinski definition) is 5. The molecular formula is C6H17N5O3. The van der Waals surface area contributed by atoms with Crippen LogP contribution in [0.4, 0.5) is 4.79 Å². The average molecular weight is 207 g/mol. The summed E-state index contributed by atoms with van der Waals surface area (Å²) < 4.78 is 0. The molecule has 84 valence electrons. The minimum atomic E-state index is -0.456. The predicted octanol–water partition coefficient (Wildman–Crippen LogP) is -2.59. The van der Waals surface area contributed by atoms with Crippen molar-refractivity contribution < 1.29 is 14.7 Å². The van der Waals surface area contributed by atoms with Crippen LogP contribution in [0.2, 0.25) is 0 Å². The maximum Gasteiger partial charge on any atom is 0.343 e. The average Bonchev–Trinajstić information content (AvgIpc) is 2.16. The van der Waals surface area contributed by atoms with Gasteiger partial charge in [0.1, 0.15) is 0 Å². The molecule has 0 spiro atoms. The monoisotopic (exact) mass is 207 g/mol. The molecular weight excluding hydrogens is 190 g/mol. The van der Waals surface area contributed by atoms with Gasteiger partial charge in [0.05, 0.1) is 6.61 Å². The molecule has 0 radical (unpaired) electrons. The first-order chi connectivity index (χ1) is 6.58.